The Labute approximate surface area is 138 Å². The van der Waals surface area contributed by atoms with Gasteiger partial charge in [0.2, 0.25) is 10.0 Å². The van der Waals surface area contributed by atoms with Crippen molar-refractivity contribution in [3.05, 3.63) is 24.2 Å². The van der Waals surface area contributed by atoms with Crippen LogP contribution in [0.25, 0.3) is 0 Å². The van der Waals surface area contributed by atoms with E-state index in [2.05, 4.69) is 15.6 Å². The second kappa shape index (κ2) is 8.35. The number of furan rings is 1. The number of hydrogen-bond acceptors (Lipinski definition) is 4. The molecule has 0 radical (unpaired) electrons. The van der Waals surface area contributed by atoms with E-state index in [1.807, 2.05) is 19.1 Å². The Hall–Kier alpha value is -1.54. The average molecular weight is 342 g/mol. The fraction of sp³-hybridized carbons (Fsp3) is 0.667. The van der Waals surface area contributed by atoms with Crippen molar-refractivity contribution in [2.75, 3.05) is 32.4 Å². The van der Waals surface area contributed by atoms with Gasteiger partial charge in [-0.05, 0) is 37.8 Å². The number of sulfonamides is 1. The summed E-state index contributed by atoms with van der Waals surface area (Å²) in [4.78, 5) is 4.49. The lowest BCUT2D eigenvalue weighted by molar-refractivity contribution is 0.275. The molecule has 1 aliphatic rings. The number of guanidine groups is 1. The van der Waals surface area contributed by atoms with Crippen LogP contribution >= 0.6 is 0 Å². The highest BCUT2D eigenvalue weighted by atomic mass is 32.2. The highest BCUT2D eigenvalue weighted by Crippen LogP contribution is 2.18. The zero-order valence-corrected chi connectivity index (χ0v) is 14.6. The van der Waals surface area contributed by atoms with Crippen LogP contribution in [0.15, 0.2) is 27.8 Å². The van der Waals surface area contributed by atoms with Crippen LogP contribution in [-0.4, -0.2) is 51.1 Å². The maximum Gasteiger partial charge on any atom is 0.211 e. The molecule has 2 N–H and O–H groups in total. The average Bonchev–Trinajstić information content (AvgIpc) is 3.03. The summed E-state index contributed by atoms with van der Waals surface area (Å²) < 4.78 is 29.9. The molecule has 0 unspecified atom stereocenters. The Balaban J connectivity index is 1.79. The third-order valence-electron chi connectivity index (χ3n) is 3.92. The zero-order valence-electron chi connectivity index (χ0n) is 13.8. The molecule has 1 aliphatic heterocycles. The molecule has 1 fully saturated rings. The van der Waals surface area contributed by atoms with Gasteiger partial charge in [0.1, 0.15) is 12.3 Å². The Morgan fingerprint density at radius 3 is 2.70 bits per heavy atom. The molecule has 8 heteroatoms. The molecule has 0 spiro atoms. The van der Waals surface area contributed by atoms with E-state index in [-0.39, 0.29) is 0 Å². The summed E-state index contributed by atoms with van der Waals surface area (Å²) in [5.74, 6) is 2.04. The summed E-state index contributed by atoms with van der Waals surface area (Å²) >= 11 is 0. The zero-order chi connectivity index (χ0) is 16.7. The molecular weight excluding hydrogens is 316 g/mol. The minimum atomic E-state index is -3.06. The molecule has 0 atom stereocenters. The van der Waals surface area contributed by atoms with E-state index >= 15 is 0 Å². The lowest BCUT2D eigenvalue weighted by Crippen LogP contribution is -2.44. The summed E-state index contributed by atoms with van der Waals surface area (Å²) in [5.41, 5.74) is 0. The molecule has 0 bridgehead atoms. The highest BCUT2D eigenvalue weighted by molar-refractivity contribution is 7.88. The third-order valence-corrected chi connectivity index (χ3v) is 5.22. The van der Waals surface area contributed by atoms with Gasteiger partial charge < -0.3 is 15.1 Å². The van der Waals surface area contributed by atoms with Crippen molar-refractivity contribution in [3.8, 4) is 0 Å². The molecular formula is C15H26N4O3S. The van der Waals surface area contributed by atoms with Crippen LogP contribution in [0.3, 0.4) is 0 Å². The van der Waals surface area contributed by atoms with E-state index in [1.54, 1.807) is 10.6 Å². The van der Waals surface area contributed by atoms with Crippen molar-refractivity contribution in [2.45, 2.75) is 26.3 Å². The van der Waals surface area contributed by atoms with Gasteiger partial charge in [0.05, 0.1) is 12.5 Å². The van der Waals surface area contributed by atoms with E-state index in [0.717, 1.165) is 37.7 Å². The van der Waals surface area contributed by atoms with Gasteiger partial charge in [-0.15, -0.1) is 0 Å². The molecule has 0 amide bonds. The quantitative estimate of drug-likeness (QED) is 0.595. The van der Waals surface area contributed by atoms with Crippen molar-refractivity contribution in [1.29, 1.82) is 0 Å². The lowest BCUT2D eigenvalue weighted by Gasteiger charge is -2.30. The fourth-order valence-corrected chi connectivity index (χ4v) is 3.46. The van der Waals surface area contributed by atoms with E-state index in [0.29, 0.717) is 25.6 Å². The van der Waals surface area contributed by atoms with Crippen LogP contribution in [-0.2, 0) is 16.6 Å². The minimum absolute atomic E-state index is 0.459. The standard InChI is InChI=1S/C15H26N4O3S/c1-3-16-15(18-12-14-5-4-10-22-14)17-11-13-6-8-19(9-7-13)23(2,20)21/h4-5,10,13H,3,6-9,11-12H2,1-2H3,(H2,16,17,18). The van der Waals surface area contributed by atoms with Gasteiger partial charge in [-0.25, -0.2) is 17.7 Å². The van der Waals surface area contributed by atoms with Crippen LogP contribution in [0.5, 0.6) is 0 Å². The van der Waals surface area contributed by atoms with E-state index < -0.39 is 10.0 Å². The van der Waals surface area contributed by atoms with E-state index in [1.165, 1.54) is 6.26 Å². The lowest BCUT2D eigenvalue weighted by atomic mass is 9.98. The van der Waals surface area contributed by atoms with Crippen molar-refractivity contribution in [3.63, 3.8) is 0 Å². The van der Waals surface area contributed by atoms with Crippen LogP contribution in [0.2, 0.25) is 0 Å². The predicted molar refractivity (Wildman–Crippen MR) is 90.7 cm³/mol. The molecule has 1 saturated heterocycles. The van der Waals surface area contributed by atoms with Crippen LogP contribution < -0.4 is 10.6 Å². The second-order valence-electron chi connectivity index (χ2n) is 5.76. The third kappa shape index (κ3) is 5.87. The number of piperidine rings is 1. The first-order chi connectivity index (χ1) is 11.0. The van der Waals surface area contributed by atoms with Gasteiger partial charge in [-0.3, -0.25) is 0 Å². The molecule has 1 aromatic heterocycles. The van der Waals surface area contributed by atoms with Crippen molar-refractivity contribution >= 4 is 16.0 Å². The normalized spacial score (nSPS) is 18.1. The maximum atomic E-state index is 11.5. The monoisotopic (exact) mass is 342 g/mol. The Kier molecular flexibility index (Phi) is 6.47. The number of hydrogen-bond donors (Lipinski definition) is 2. The van der Waals surface area contributed by atoms with Gasteiger partial charge in [-0.2, -0.15) is 0 Å². The molecule has 1 aromatic rings. The summed E-state index contributed by atoms with van der Waals surface area (Å²) in [6.07, 6.45) is 4.66. The first-order valence-corrected chi connectivity index (χ1v) is 9.83. The van der Waals surface area contributed by atoms with Crippen molar-refractivity contribution < 1.29 is 12.8 Å². The first-order valence-electron chi connectivity index (χ1n) is 7.98. The Bertz CT molecular complexity index is 590. The molecule has 130 valence electrons. The van der Waals surface area contributed by atoms with Crippen LogP contribution in [0.1, 0.15) is 25.5 Å². The summed E-state index contributed by atoms with van der Waals surface area (Å²) in [6.45, 7) is 5.30. The van der Waals surface area contributed by atoms with Gasteiger partial charge in [0, 0.05) is 26.2 Å². The molecule has 23 heavy (non-hydrogen) atoms. The predicted octanol–water partition coefficient (Wildman–Crippen LogP) is 1.01. The summed E-state index contributed by atoms with van der Waals surface area (Å²) in [5, 5.41) is 6.54. The smallest absolute Gasteiger partial charge is 0.211 e. The van der Waals surface area contributed by atoms with Gasteiger partial charge in [-0.1, -0.05) is 0 Å². The van der Waals surface area contributed by atoms with Crippen LogP contribution in [0.4, 0.5) is 0 Å². The molecule has 0 saturated carbocycles. The first kappa shape index (κ1) is 17.8. The number of nitrogens with one attached hydrogen (secondary N) is 2. The highest BCUT2D eigenvalue weighted by Gasteiger charge is 2.24. The second-order valence-corrected chi connectivity index (χ2v) is 7.74. The molecule has 0 aliphatic carbocycles. The minimum Gasteiger partial charge on any atom is -0.467 e. The molecule has 7 nitrogen and oxygen atoms in total. The van der Waals surface area contributed by atoms with Crippen molar-refractivity contribution in [2.24, 2.45) is 10.9 Å². The van der Waals surface area contributed by atoms with E-state index in [9.17, 15) is 8.42 Å². The van der Waals surface area contributed by atoms with Crippen LogP contribution in [0, 0.1) is 5.92 Å². The number of nitrogens with zero attached hydrogens (tertiary/aromatic N) is 2. The van der Waals surface area contributed by atoms with Gasteiger partial charge in [0.15, 0.2) is 5.96 Å². The van der Waals surface area contributed by atoms with Gasteiger partial charge in [0.25, 0.3) is 0 Å². The maximum absolute atomic E-state index is 11.5. The van der Waals surface area contributed by atoms with Crippen molar-refractivity contribution in [1.82, 2.24) is 14.9 Å². The number of aliphatic imine (C=N–C) groups is 1. The van der Waals surface area contributed by atoms with Gasteiger partial charge >= 0.3 is 0 Å². The topological polar surface area (TPSA) is 86.9 Å². The molecule has 2 heterocycles. The van der Waals surface area contributed by atoms with E-state index in [4.69, 9.17) is 4.42 Å². The number of rotatable bonds is 6. The Morgan fingerprint density at radius 2 is 2.13 bits per heavy atom. The largest absolute Gasteiger partial charge is 0.467 e. The molecule has 0 aromatic carbocycles. The summed E-state index contributed by atoms with van der Waals surface area (Å²) in [7, 11) is -3.06. The fourth-order valence-electron chi connectivity index (χ4n) is 2.59. The SMILES string of the molecule is CCNC(=NCc1ccco1)NCC1CCN(S(C)(=O)=O)CC1. The summed E-state index contributed by atoms with van der Waals surface area (Å²) in [6, 6.07) is 3.74. The Morgan fingerprint density at radius 1 is 1.39 bits per heavy atom. The molecule has 2 rings (SSSR count).